The zero-order chi connectivity index (χ0) is 20.9. The Bertz CT molecular complexity index is 1210. The van der Waals surface area contributed by atoms with Crippen LogP contribution in [0.3, 0.4) is 0 Å². The van der Waals surface area contributed by atoms with Gasteiger partial charge in [-0.2, -0.15) is 5.10 Å². The number of hydrogen-bond donors (Lipinski definition) is 1. The van der Waals surface area contributed by atoms with Crippen LogP contribution in [0.5, 0.6) is 5.75 Å². The highest BCUT2D eigenvalue weighted by Crippen LogP contribution is 2.27. The van der Waals surface area contributed by atoms with Crippen molar-refractivity contribution in [2.45, 2.75) is 13.8 Å². The molecule has 6 heteroatoms. The third-order valence-electron chi connectivity index (χ3n) is 4.73. The number of ether oxygens (including phenoxy) is 1. The first-order valence-corrected chi connectivity index (χ1v) is 9.68. The third-order valence-corrected chi connectivity index (χ3v) is 4.73. The third kappa shape index (κ3) is 3.80. The number of aromatic nitrogens is 1. The molecule has 0 aliphatic heterocycles. The van der Waals surface area contributed by atoms with Crippen LogP contribution in [0.4, 0.5) is 0 Å². The molecule has 0 fully saturated rings. The van der Waals surface area contributed by atoms with E-state index in [-0.39, 0.29) is 5.91 Å². The number of hydrogen-bond acceptors (Lipinski definition) is 5. The maximum Gasteiger partial charge on any atom is 0.277 e. The fourth-order valence-corrected chi connectivity index (χ4v) is 3.33. The second-order valence-corrected chi connectivity index (χ2v) is 6.66. The van der Waals surface area contributed by atoms with Gasteiger partial charge in [-0.25, -0.2) is 5.43 Å². The molecule has 1 heterocycles. The number of benzene rings is 3. The van der Waals surface area contributed by atoms with Gasteiger partial charge in [0, 0.05) is 11.1 Å². The second-order valence-electron chi connectivity index (χ2n) is 6.66. The molecule has 1 aromatic heterocycles. The summed E-state index contributed by atoms with van der Waals surface area (Å²) in [5.74, 6) is 0.754. The molecule has 0 aliphatic rings. The summed E-state index contributed by atoms with van der Waals surface area (Å²) >= 11 is 0. The molecule has 6 nitrogen and oxygen atoms in total. The Hall–Kier alpha value is -3.93. The van der Waals surface area contributed by atoms with Crippen molar-refractivity contribution < 1.29 is 14.1 Å². The van der Waals surface area contributed by atoms with Gasteiger partial charge in [-0.1, -0.05) is 65.8 Å². The van der Waals surface area contributed by atoms with Crippen LogP contribution in [-0.2, 0) is 0 Å². The van der Waals surface area contributed by atoms with Gasteiger partial charge in [0.15, 0.2) is 0 Å². The number of amides is 1. The van der Waals surface area contributed by atoms with E-state index in [9.17, 15) is 4.79 Å². The van der Waals surface area contributed by atoms with Crippen LogP contribution >= 0.6 is 0 Å². The molecule has 0 aliphatic carbocycles. The molecular formula is C24H21N3O3. The number of fused-ring (bicyclic) bond motifs is 1. The first kappa shape index (κ1) is 19.4. The molecule has 0 saturated heterocycles. The summed E-state index contributed by atoms with van der Waals surface area (Å²) in [4.78, 5) is 12.8. The average molecular weight is 399 g/mol. The van der Waals surface area contributed by atoms with Gasteiger partial charge < -0.3 is 9.26 Å². The topological polar surface area (TPSA) is 76.7 Å². The first-order chi connectivity index (χ1) is 14.7. The van der Waals surface area contributed by atoms with Gasteiger partial charge in [-0.3, -0.25) is 4.79 Å². The molecule has 30 heavy (non-hydrogen) atoms. The Balaban J connectivity index is 1.63. The number of nitrogens with one attached hydrogen (secondary N) is 1. The molecular weight excluding hydrogens is 378 g/mol. The van der Waals surface area contributed by atoms with Crippen LogP contribution in [0.1, 0.15) is 28.6 Å². The summed E-state index contributed by atoms with van der Waals surface area (Å²) in [6.07, 6.45) is 1.61. The Morgan fingerprint density at radius 3 is 2.67 bits per heavy atom. The zero-order valence-electron chi connectivity index (χ0n) is 16.8. The van der Waals surface area contributed by atoms with Gasteiger partial charge in [-0.15, -0.1) is 0 Å². The Labute approximate surface area is 174 Å². The average Bonchev–Trinajstić information content (AvgIpc) is 3.17. The molecule has 3 aromatic carbocycles. The van der Waals surface area contributed by atoms with E-state index in [1.165, 1.54) is 0 Å². The SMILES string of the molecule is CCOc1ccc2ccccc2c1/C=N\NC(=O)c1c(-c2ccccc2)noc1C. The van der Waals surface area contributed by atoms with Crippen molar-refractivity contribution in [3.05, 3.63) is 83.6 Å². The van der Waals surface area contributed by atoms with Crippen LogP contribution in [0.15, 0.2) is 76.4 Å². The smallest absolute Gasteiger partial charge is 0.277 e. The first-order valence-electron chi connectivity index (χ1n) is 9.68. The standard InChI is InChI=1S/C24H21N3O3/c1-3-29-21-14-13-17-9-7-8-12-19(17)20(21)15-25-26-24(28)22-16(2)30-27-23(22)18-10-5-4-6-11-18/h4-15H,3H2,1-2H3,(H,26,28)/b25-15-. The molecule has 150 valence electrons. The van der Waals surface area contributed by atoms with E-state index >= 15 is 0 Å². The minimum absolute atomic E-state index is 0.362. The van der Waals surface area contributed by atoms with E-state index in [0.717, 1.165) is 21.9 Å². The highest BCUT2D eigenvalue weighted by molar-refractivity contribution is 6.04. The van der Waals surface area contributed by atoms with Crippen molar-refractivity contribution in [2.24, 2.45) is 5.10 Å². The van der Waals surface area contributed by atoms with Crippen LogP contribution in [0, 0.1) is 6.92 Å². The van der Waals surface area contributed by atoms with Crippen molar-refractivity contribution in [2.75, 3.05) is 6.61 Å². The minimum Gasteiger partial charge on any atom is -0.493 e. The molecule has 0 radical (unpaired) electrons. The van der Waals surface area contributed by atoms with Gasteiger partial charge in [0.1, 0.15) is 22.8 Å². The molecule has 1 amide bonds. The molecule has 0 bridgehead atoms. The van der Waals surface area contributed by atoms with E-state index in [1.807, 2.05) is 73.7 Å². The molecule has 1 N–H and O–H groups in total. The van der Waals surface area contributed by atoms with Crippen LogP contribution in [0.2, 0.25) is 0 Å². The number of rotatable bonds is 6. The number of hydrazone groups is 1. The molecule has 4 aromatic rings. The molecule has 0 atom stereocenters. The number of nitrogens with zero attached hydrogens (tertiary/aromatic N) is 2. The second kappa shape index (κ2) is 8.61. The zero-order valence-corrected chi connectivity index (χ0v) is 16.8. The maximum atomic E-state index is 12.8. The summed E-state index contributed by atoms with van der Waals surface area (Å²) in [5, 5.41) is 10.3. The fourth-order valence-electron chi connectivity index (χ4n) is 3.33. The van der Waals surface area contributed by atoms with Crippen molar-refractivity contribution in [3.63, 3.8) is 0 Å². The summed E-state index contributed by atoms with van der Waals surface area (Å²) in [6.45, 7) is 4.17. The lowest BCUT2D eigenvalue weighted by Crippen LogP contribution is -2.19. The fraction of sp³-hybridized carbons (Fsp3) is 0.125. The normalized spacial score (nSPS) is 11.1. The highest BCUT2D eigenvalue weighted by Gasteiger charge is 2.21. The van der Waals surface area contributed by atoms with Crippen molar-refractivity contribution in [1.29, 1.82) is 0 Å². The van der Waals surface area contributed by atoms with Crippen LogP contribution < -0.4 is 10.2 Å². The van der Waals surface area contributed by atoms with Gasteiger partial charge in [0.2, 0.25) is 0 Å². The summed E-state index contributed by atoms with van der Waals surface area (Å²) in [5.41, 5.74) is 5.05. The minimum atomic E-state index is -0.387. The number of carbonyl (C=O) groups excluding carboxylic acids is 1. The quantitative estimate of drug-likeness (QED) is 0.367. The molecule has 0 unspecified atom stereocenters. The molecule has 0 saturated carbocycles. The van der Waals surface area contributed by atoms with E-state index in [2.05, 4.69) is 15.7 Å². The highest BCUT2D eigenvalue weighted by atomic mass is 16.5. The monoisotopic (exact) mass is 399 g/mol. The van der Waals surface area contributed by atoms with Crippen molar-refractivity contribution in [1.82, 2.24) is 10.6 Å². The number of carbonyl (C=O) groups is 1. The Morgan fingerprint density at radius 2 is 1.87 bits per heavy atom. The maximum absolute atomic E-state index is 12.8. The number of aryl methyl sites for hydroxylation is 1. The molecule has 4 rings (SSSR count). The Kier molecular flexibility index (Phi) is 5.57. The summed E-state index contributed by atoms with van der Waals surface area (Å²) in [6, 6.07) is 21.3. The van der Waals surface area contributed by atoms with E-state index in [0.29, 0.717) is 29.4 Å². The van der Waals surface area contributed by atoms with E-state index < -0.39 is 0 Å². The largest absolute Gasteiger partial charge is 0.493 e. The van der Waals surface area contributed by atoms with E-state index in [1.54, 1.807) is 13.1 Å². The van der Waals surface area contributed by atoms with Gasteiger partial charge >= 0.3 is 0 Å². The molecule has 0 spiro atoms. The van der Waals surface area contributed by atoms with Crippen molar-refractivity contribution in [3.8, 4) is 17.0 Å². The van der Waals surface area contributed by atoms with Crippen molar-refractivity contribution >= 4 is 22.9 Å². The van der Waals surface area contributed by atoms with Gasteiger partial charge in [-0.05, 0) is 30.7 Å². The predicted molar refractivity (Wildman–Crippen MR) is 117 cm³/mol. The van der Waals surface area contributed by atoms with E-state index in [4.69, 9.17) is 9.26 Å². The van der Waals surface area contributed by atoms with Crippen LogP contribution in [0.25, 0.3) is 22.0 Å². The predicted octanol–water partition coefficient (Wildman–Crippen LogP) is 4.97. The summed E-state index contributed by atoms with van der Waals surface area (Å²) in [7, 11) is 0. The lowest BCUT2D eigenvalue weighted by atomic mass is 10.0. The Morgan fingerprint density at radius 1 is 1.10 bits per heavy atom. The lowest BCUT2D eigenvalue weighted by molar-refractivity contribution is 0.0954. The summed E-state index contributed by atoms with van der Waals surface area (Å²) < 4.78 is 11.0. The van der Waals surface area contributed by atoms with Crippen LogP contribution in [-0.4, -0.2) is 23.9 Å². The lowest BCUT2D eigenvalue weighted by Gasteiger charge is -2.10. The van der Waals surface area contributed by atoms with Gasteiger partial charge in [0.25, 0.3) is 5.91 Å². The van der Waals surface area contributed by atoms with Gasteiger partial charge in [0.05, 0.1) is 12.8 Å².